The van der Waals surface area contributed by atoms with Gasteiger partial charge in [-0.25, -0.2) is 4.79 Å². The summed E-state index contributed by atoms with van der Waals surface area (Å²) in [6.07, 6.45) is 3.97. The van der Waals surface area contributed by atoms with Gasteiger partial charge in [-0.2, -0.15) is 0 Å². The van der Waals surface area contributed by atoms with E-state index < -0.39 is 11.1 Å². The number of methoxy groups -OCH3 is 1. The number of hydrogen-bond donors (Lipinski definition) is 1. The fraction of sp³-hybridized carbons (Fsp3) is 0.452. The number of ether oxygens (including phenoxy) is 2. The quantitative estimate of drug-likeness (QED) is 0.495. The molecule has 0 radical (unpaired) electrons. The molecular formula is C31H38N4O4. The lowest BCUT2D eigenvalue weighted by molar-refractivity contribution is -0.0170. The third-order valence-electron chi connectivity index (χ3n) is 7.64. The van der Waals surface area contributed by atoms with Crippen molar-refractivity contribution in [2.75, 3.05) is 20.2 Å². The molecule has 1 aliphatic carbocycles. The molecule has 0 bridgehead atoms. The zero-order valence-electron chi connectivity index (χ0n) is 24.0. The highest BCUT2D eigenvalue weighted by Gasteiger charge is 2.52. The summed E-state index contributed by atoms with van der Waals surface area (Å²) in [6.45, 7) is 10.5. The Labute approximate surface area is 230 Å². The number of rotatable bonds is 2. The molecule has 8 heteroatoms. The van der Waals surface area contributed by atoms with Gasteiger partial charge in [0.1, 0.15) is 11.4 Å². The minimum Gasteiger partial charge on any atom is -0.497 e. The number of nitrogens with zero attached hydrogens (tertiary/aromatic N) is 3. The molecule has 1 aromatic carbocycles. The van der Waals surface area contributed by atoms with E-state index in [0.717, 1.165) is 57.9 Å². The second-order valence-electron chi connectivity index (χ2n) is 11.4. The maximum Gasteiger partial charge on any atom is 0.410 e. The van der Waals surface area contributed by atoms with E-state index in [9.17, 15) is 9.59 Å². The second kappa shape index (κ2) is 9.74. The average molecular weight is 531 g/mol. The number of aromatic nitrogens is 2. The molecule has 6 rings (SSSR count). The first-order chi connectivity index (χ1) is 18.6. The van der Waals surface area contributed by atoms with Crippen molar-refractivity contribution in [2.24, 2.45) is 7.05 Å². The molecular weight excluding hydrogens is 492 g/mol. The summed E-state index contributed by atoms with van der Waals surface area (Å²) in [7, 11) is 3.71. The zero-order valence-corrected chi connectivity index (χ0v) is 24.0. The van der Waals surface area contributed by atoms with Crippen molar-refractivity contribution >= 4 is 12.0 Å². The van der Waals surface area contributed by atoms with E-state index in [1.54, 1.807) is 12.0 Å². The zero-order chi connectivity index (χ0) is 28.1. The van der Waals surface area contributed by atoms with Crippen LogP contribution in [0.2, 0.25) is 0 Å². The average Bonchev–Trinajstić information content (AvgIpc) is 3.19. The van der Waals surface area contributed by atoms with Crippen LogP contribution in [0.15, 0.2) is 36.5 Å². The maximum atomic E-state index is 13.5. The van der Waals surface area contributed by atoms with Crippen LogP contribution < -0.4 is 10.1 Å². The molecule has 2 aliphatic heterocycles. The molecule has 0 unspecified atom stereocenters. The lowest BCUT2D eigenvalue weighted by Crippen LogP contribution is -2.74. The van der Waals surface area contributed by atoms with E-state index in [2.05, 4.69) is 23.0 Å². The number of likely N-dealkylation sites (tertiary alicyclic amines) is 1. The minimum absolute atomic E-state index is 0.0465. The Morgan fingerprint density at radius 2 is 1.79 bits per heavy atom. The fourth-order valence-corrected chi connectivity index (χ4v) is 5.94. The smallest absolute Gasteiger partial charge is 0.410 e. The van der Waals surface area contributed by atoms with Crippen LogP contribution in [0.25, 0.3) is 22.5 Å². The number of fused-ring (bicyclic) bond motifs is 5. The number of nitrogens with one attached hydrogen (secondary N) is 1. The number of carbonyl (C=O) groups excluding carboxylic acids is 2. The highest BCUT2D eigenvalue weighted by Crippen LogP contribution is 2.43. The van der Waals surface area contributed by atoms with Gasteiger partial charge in [-0.1, -0.05) is 13.8 Å². The Hall–Kier alpha value is -3.81. The lowest BCUT2D eigenvalue weighted by Gasteiger charge is -2.51. The molecule has 1 spiro atoms. The van der Waals surface area contributed by atoms with Crippen molar-refractivity contribution < 1.29 is 19.1 Å². The predicted octanol–water partition coefficient (Wildman–Crippen LogP) is 5.16. The monoisotopic (exact) mass is 530 g/mol. The van der Waals surface area contributed by atoms with Gasteiger partial charge in [-0.3, -0.25) is 9.78 Å². The standard InChI is InChI=1S/C29H32N4O4.C2H6/c1-28(2,3)37-27(35)33-15-29(16-33)13-23-24(26(34)31-29)20-11-8-18-14-30-22(12-21(18)25(20)32(23)4)17-6-9-19(36-5)10-7-17;1-2/h6-7,9-10,12,14H,8,11,13,15-16H2,1-5H3,(H,31,34);1-2H3. The molecule has 1 saturated heterocycles. The Balaban J connectivity index is 0.00000151. The van der Waals surface area contributed by atoms with Gasteiger partial charge in [0, 0.05) is 49.6 Å². The third kappa shape index (κ3) is 4.66. The topological polar surface area (TPSA) is 85.7 Å². The van der Waals surface area contributed by atoms with Crippen LogP contribution in [-0.4, -0.2) is 57.8 Å². The summed E-state index contributed by atoms with van der Waals surface area (Å²) >= 11 is 0. The van der Waals surface area contributed by atoms with Crippen molar-refractivity contribution in [1.82, 2.24) is 19.8 Å². The summed E-state index contributed by atoms with van der Waals surface area (Å²) in [5.41, 5.74) is 7.26. The molecule has 1 fully saturated rings. The first kappa shape index (κ1) is 26.8. The Morgan fingerprint density at radius 1 is 1.10 bits per heavy atom. The van der Waals surface area contributed by atoms with Crippen LogP contribution >= 0.6 is 0 Å². The van der Waals surface area contributed by atoms with Gasteiger partial charge in [0.15, 0.2) is 0 Å². The van der Waals surface area contributed by atoms with Crippen LogP contribution in [0.4, 0.5) is 4.79 Å². The molecule has 2 aromatic heterocycles. The van der Waals surface area contributed by atoms with Crippen molar-refractivity contribution in [2.45, 2.75) is 65.0 Å². The van der Waals surface area contributed by atoms with Crippen LogP contribution in [0, 0.1) is 0 Å². The van der Waals surface area contributed by atoms with E-state index in [-0.39, 0.29) is 12.0 Å². The van der Waals surface area contributed by atoms with Crippen molar-refractivity contribution in [1.29, 1.82) is 0 Å². The highest BCUT2D eigenvalue weighted by molar-refractivity contribution is 6.01. The molecule has 1 N–H and O–H groups in total. The Kier molecular flexibility index (Phi) is 6.69. The molecule has 4 heterocycles. The van der Waals surface area contributed by atoms with Crippen molar-refractivity contribution in [3.8, 4) is 28.3 Å². The summed E-state index contributed by atoms with van der Waals surface area (Å²) in [6, 6.07) is 10.0. The predicted molar refractivity (Wildman–Crippen MR) is 151 cm³/mol. The van der Waals surface area contributed by atoms with E-state index in [1.807, 2.05) is 65.1 Å². The normalized spacial score (nSPS) is 16.6. The highest BCUT2D eigenvalue weighted by atomic mass is 16.6. The first-order valence-corrected chi connectivity index (χ1v) is 13.7. The number of amides is 2. The number of hydrogen-bond acceptors (Lipinski definition) is 5. The van der Waals surface area contributed by atoms with Gasteiger partial charge >= 0.3 is 6.09 Å². The van der Waals surface area contributed by atoms with Gasteiger partial charge in [0.25, 0.3) is 5.91 Å². The van der Waals surface area contributed by atoms with Crippen LogP contribution in [-0.2, 0) is 31.0 Å². The molecule has 3 aromatic rings. The number of aryl methyl sites for hydroxylation is 1. The van der Waals surface area contributed by atoms with Crippen LogP contribution in [0.1, 0.15) is 61.8 Å². The summed E-state index contributed by atoms with van der Waals surface area (Å²) in [4.78, 5) is 32.4. The molecule has 0 saturated carbocycles. The molecule has 8 nitrogen and oxygen atoms in total. The SMILES string of the molecule is CC.COc1ccc(-c2cc3c(cn2)CCc2c4c(n(C)c2-3)CC2(CN(C(=O)OC(C)(C)C)C2)NC4=O)cc1. The number of pyridine rings is 1. The summed E-state index contributed by atoms with van der Waals surface area (Å²) in [5.74, 6) is 0.759. The maximum absolute atomic E-state index is 13.5. The lowest BCUT2D eigenvalue weighted by atomic mass is 9.80. The van der Waals surface area contributed by atoms with E-state index in [4.69, 9.17) is 14.5 Å². The van der Waals surface area contributed by atoms with Crippen LogP contribution in [0.3, 0.4) is 0 Å². The molecule has 39 heavy (non-hydrogen) atoms. The Morgan fingerprint density at radius 3 is 2.44 bits per heavy atom. The second-order valence-corrected chi connectivity index (χ2v) is 11.4. The van der Waals surface area contributed by atoms with E-state index in [0.29, 0.717) is 19.5 Å². The van der Waals surface area contributed by atoms with Gasteiger partial charge < -0.3 is 24.3 Å². The number of carbonyl (C=O) groups is 2. The molecule has 3 aliphatic rings. The van der Waals surface area contributed by atoms with Gasteiger partial charge in [0.05, 0.1) is 29.6 Å². The third-order valence-corrected chi connectivity index (χ3v) is 7.64. The molecule has 0 atom stereocenters. The van der Waals surface area contributed by atoms with Crippen LogP contribution in [0.5, 0.6) is 5.75 Å². The van der Waals surface area contributed by atoms with E-state index in [1.165, 1.54) is 5.56 Å². The molecule has 206 valence electrons. The largest absolute Gasteiger partial charge is 0.497 e. The first-order valence-electron chi connectivity index (χ1n) is 13.7. The van der Waals surface area contributed by atoms with Gasteiger partial charge in [-0.05, 0) is 75.1 Å². The van der Waals surface area contributed by atoms with Gasteiger partial charge in [0.2, 0.25) is 0 Å². The molecule has 2 amide bonds. The minimum atomic E-state index is -0.549. The summed E-state index contributed by atoms with van der Waals surface area (Å²) in [5, 5.41) is 3.24. The number of benzene rings is 1. The summed E-state index contributed by atoms with van der Waals surface area (Å²) < 4.78 is 13.0. The van der Waals surface area contributed by atoms with Crippen molar-refractivity contribution in [3.63, 3.8) is 0 Å². The van der Waals surface area contributed by atoms with Gasteiger partial charge in [-0.15, -0.1) is 0 Å². The Bertz CT molecular complexity index is 1430. The fourth-order valence-electron chi connectivity index (χ4n) is 5.94. The van der Waals surface area contributed by atoms with E-state index >= 15 is 0 Å². The van der Waals surface area contributed by atoms with Crippen molar-refractivity contribution in [3.05, 3.63) is 58.9 Å².